The Hall–Kier alpha value is -2.44. The van der Waals surface area contributed by atoms with Crippen molar-refractivity contribution < 1.29 is 19.0 Å². The van der Waals surface area contributed by atoms with Crippen molar-refractivity contribution in [2.75, 3.05) is 13.7 Å². The maximum atomic E-state index is 13.5. The Balaban J connectivity index is 2.37. The highest BCUT2D eigenvalue weighted by Crippen LogP contribution is 2.32. The first-order valence-corrected chi connectivity index (χ1v) is 8.72. The number of carbonyl (C=O) groups excluding carboxylic acids is 1. The lowest BCUT2D eigenvalue weighted by Gasteiger charge is -2.24. The number of aliphatic hydroxyl groups is 1. The van der Waals surface area contributed by atoms with Crippen molar-refractivity contribution in [3.63, 3.8) is 0 Å². The second-order valence-electron chi connectivity index (χ2n) is 6.30. The van der Waals surface area contributed by atoms with Gasteiger partial charge < -0.3 is 15.2 Å². The highest BCUT2D eigenvalue weighted by atomic mass is 35.5. The van der Waals surface area contributed by atoms with Crippen molar-refractivity contribution in [1.29, 1.82) is 0 Å². The first-order valence-electron chi connectivity index (χ1n) is 8.34. The van der Waals surface area contributed by atoms with Crippen LogP contribution in [-0.4, -0.2) is 29.7 Å². The molecule has 0 radical (unpaired) electrons. The Morgan fingerprint density at radius 2 is 2.11 bits per heavy atom. The standard InChI is InChI=1S/C20H22ClFN2O3/c1-5-12(2)19(25)23-11-20(3,26)17-9-8-16(27-4)18(24-17)13-6-7-15(22)14(21)10-13/h5-10,26H,11H2,1-4H3,(H,23,25). The van der Waals surface area contributed by atoms with Gasteiger partial charge in [0.15, 0.2) is 0 Å². The Morgan fingerprint density at radius 1 is 1.41 bits per heavy atom. The summed E-state index contributed by atoms with van der Waals surface area (Å²) in [7, 11) is 1.49. The summed E-state index contributed by atoms with van der Waals surface area (Å²) in [6.07, 6.45) is 1.69. The molecule has 0 bridgehead atoms. The number of methoxy groups -OCH3 is 1. The van der Waals surface area contributed by atoms with E-state index in [2.05, 4.69) is 10.3 Å². The number of carbonyl (C=O) groups is 1. The molecule has 2 aromatic rings. The van der Waals surface area contributed by atoms with E-state index in [4.69, 9.17) is 16.3 Å². The van der Waals surface area contributed by atoms with Crippen LogP contribution in [0.3, 0.4) is 0 Å². The maximum Gasteiger partial charge on any atom is 0.246 e. The lowest BCUT2D eigenvalue weighted by atomic mass is 10.00. The molecular weight excluding hydrogens is 371 g/mol. The number of amides is 1. The van der Waals surface area contributed by atoms with Gasteiger partial charge in [-0.15, -0.1) is 0 Å². The molecule has 1 heterocycles. The second-order valence-corrected chi connectivity index (χ2v) is 6.71. The van der Waals surface area contributed by atoms with E-state index in [0.29, 0.717) is 28.3 Å². The lowest BCUT2D eigenvalue weighted by molar-refractivity contribution is -0.118. The molecule has 0 aliphatic rings. The van der Waals surface area contributed by atoms with Crippen LogP contribution >= 0.6 is 11.6 Å². The van der Waals surface area contributed by atoms with E-state index < -0.39 is 11.4 Å². The van der Waals surface area contributed by atoms with Crippen LogP contribution in [0.4, 0.5) is 4.39 Å². The summed E-state index contributed by atoms with van der Waals surface area (Å²) in [5, 5.41) is 13.4. The van der Waals surface area contributed by atoms with Gasteiger partial charge in [0.2, 0.25) is 5.91 Å². The number of aromatic nitrogens is 1. The van der Waals surface area contributed by atoms with Gasteiger partial charge in [-0.2, -0.15) is 0 Å². The normalized spacial score (nSPS) is 13.8. The summed E-state index contributed by atoms with van der Waals surface area (Å²) in [6, 6.07) is 7.48. The predicted molar refractivity (Wildman–Crippen MR) is 103 cm³/mol. The zero-order valence-electron chi connectivity index (χ0n) is 15.6. The molecule has 1 unspecified atom stereocenters. The molecule has 1 aromatic carbocycles. The molecule has 0 aliphatic heterocycles. The monoisotopic (exact) mass is 392 g/mol. The SMILES string of the molecule is CC=C(C)C(=O)NCC(C)(O)c1ccc(OC)c(-c2ccc(F)c(Cl)c2)n1. The number of nitrogens with one attached hydrogen (secondary N) is 1. The van der Waals surface area contributed by atoms with Crippen molar-refractivity contribution in [2.24, 2.45) is 0 Å². The van der Waals surface area contributed by atoms with E-state index >= 15 is 0 Å². The maximum absolute atomic E-state index is 13.5. The molecule has 0 fully saturated rings. The van der Waals surface area contributed by atoms with E-state index in [1.165, 1.54) is 25.3 Å². The molecule has 0 aliphatic carbocycles. The third kappa shape index (κ3) is 4.84. The molecular formula is C20H22ClFN2O3. The topological polar surface area (TPSA) is 71.5 Å². The van der Waals surface area contributed by atoms with Crippen LogP contribution < -0.4 is 10.1 Å². The number of benzene rings is 1. The third-order valence-corrected chi connectivity index (χ3v) is 4.50. The molecule has 0 saturated carbocycles. The van der Waals surface area contributed by atoms with Crippen LogP contribution in [0.2, 0.25) is 5.02 Å². The Labute approximate surface area is 162 Å². The lowest BCUT2D eigenvalue weighted by Crippen LogP contribution is -2.39. The largest absolute Gasteiger partial charge is 0.494 e. The number of halogens is 2. The Kier molecular flexibility index (Phi) is 6.57. The zero-order chi connectivity index (χ0) is 20.2. The molecule has 144 valence electrons. The number of allylic oxidation sites excluding steroid dienone is 1. The number of ether oxygens (including phenoxy) is 1. The number of pyridine rings is 1. The van der Waals surface area contributed by atoms with Crippen molar-refractivity contribution in [2.45, 2.75) is 26.4 Å². The van der Waals surface area contributed by atoms with E-state index in [1.807, 2.05) is 0 Å². The molecule has 1 amide bonds. The van der Waals surface area contributed by atoms with Gasteiger partial charge in [-0.05, 0) is 51.1 Å². The predicted octanol–water partition coefficient (Wildman–Crippen LogP) is 3.84. The third-order valence-electron chi connectivity index (χ3n) is 4.21. The zero-order valence-corrected chi connectivity index (χ0v) is 16.4. The Bertz CT molecular complexity index is 882. The van der Waals surface area contributed by atoms with Gasteiger partial charge >= 0.3 is 0 Å². The van der Waals surface area contributed by atoms with E-state index in [9.17, 15) is 14.3 Å². The van der Waals surface area contributed by atoms with Gasteiger partial charge in [-0.25, -0.2) is 9.37 Å². The minimum Gasteiger partial charge on any atom is -0.494 e. The minimum absolute atomic E-state index is 0.0278. The number of nitrogens with zero attached hydrogens (tertiary/aromatic N) is 1. The molecule has 7 heteroatoms. The van der Waals surface area contributed by atoms with Crippen molar-refractivity contribution in [3.8, 4) is 17.0 Å². The van der Waals surface area contributed by atoms with Crippen LogP contribution in [0.15, 0.2) is 42.0 Å². The van der Waals surface area contributed by atoms with Crippen LogP contribution in [0.1, 0.15) is 26.5 Å². The molecule has 2 N–H and O–H groups in total. The van der Waals surface area contributed by atoms with Gasteiger partial charge in [0.25, 0.3) is 0 Å². The summed E-state index contributed by atoms with van der Waals surface area (Å²) in [6.45, 7) is 4.97. The van der Waals surface area contributed by atoms with Gasteiger partial charge in [0.05, 0.1) is 24.4 Å². The summed E-state index contributed by atoms with van der Waals surface area (Å²) >= 11 is 5.87. The molecule has 1 aromatic heterocycles. The number of hydrogen-bond donors (Lipinski definition) is 2. The summed E-state index contributed by atoms with van der Waals surface area (Å²) < 4.78 is 18.8. The van der Waals surface area contributed by atoms with E-state index in [0.717, 1.165) is 0 Å². The quantitative estimate of drug-likeness (QED) is 0.733. The fourth-order valence-corrected chi connectivity index (χ4v) is 2.56. The molecule has 2 rings (SSSR count). The van der Waals surface area contributed by atoms with Crippen molar-refractivity contribution >= 4 is 17.5 Å². The highest BCUT2D eigenvalue weighted by Gasteiger charge is 2.27. The van der Waals surface area contributed by atoms with Crippen LogP contribution in [0.5, 0.6) is 5.75 Å². The van der Waals surface area contributed by atoms with Gasteiger partial charge in [-0.1, -0.05) is 17.7 Å². The molecule has 0 spiro atoms. The van der Waals surface area contributed by atoms with E-state index in [-0.39, 0.29) is 17.5 Å². The first-order chi connectivity index (χ1) is 12.7. The first kappa shape index (κ1) is 20.9. The molecule has 1 atom stereocenters. The fourth-order valence-electron chi connectivity index (χ4n) is 2.37. The summed E-state index contributed by atoms with van der Waals surface area (Å²) in [5.74, 6) is -0.354. The summed E-state index contributed by atoms with van der Waals surface area (Å²) in [5.41, 5.74) is 0.416. The number of rotatable bonds is 6. The van der Waals surface area contributed by atoms with Crippen LogP contribution in [0, 0.1) is 5.82 Å². The van der Waals surface area contributed by atoms with Crippen LogP contribution in [-0.2, 0) is 10.4 Å². The van der Waals surface area contributed by atoms with E-state index in [1.54, 1.807) is 39.0 Å². The smallest absolute Gasteiger partial charge is 0.246 e. The Morgan fingerprint density at radius 3 is 2.70 bits per heavy atom. The van der Waals surface area contributed by atoms with Crippen molar-refractivity contribution in [3.05, 3.63) is 58.5 Å². The summed E-state index contributed by atoms with van der Waals surface area (Å²) in [4.78, 5) is 16.4. The van der Waals surface area contributed by atoms with Crippen LogP contribution in [0.25, 0.3) is 11.3 Å². The number of hydrogen-bond acceptors (Lipinski definition) is 4. The average molecular weight is 393 g/mol. The second kappa shape index (κ2) is 8.50. The fraction of sp³-hybridized carbons (Fsp3) is 0.300. The van der Waals surface area contributed by atoms with Gasteiger partial charge in [0, 0.05) is 11.1 Å². The highest BCUT2D eigenvalue weighted by molar-refractivity contribution is 6.31. The minimum atomic E-state index is -1.42. The van der Waals surface area contributed by atoms with Crippen molar-refractivity contribution in [1.82, 2.24) is 10.3 Å². The molecule has 27 heavy (non-hydrogen) atoms. The van der Waals surface area contributed by atoms with Gasteiger partial charge in [0.1, 0.15) is 22.9 Å². The average Bonchev–Trinajstić information content (AvgIpc) is 2.67. The van der Waals surface area contributed by atoms with Gasteiger partial charge in [-0.3, -0.25) is 4.79 Å². The molecule has 5 nitrogen and oxygen atoms in total. The molecule has 0 saturated heterocycles.